The molecule has 108 valence electrons. The van der Waals surface area contributed by atoms with Gasteiger partial charge in [0.25, 0.3) is 0 Å². The topological polar surface area (TPSA) is 0 Å². The third-order valence-electron chi connectivity index (χ3n) is 3.62. The van der Waals surface area contributed by atoms with Crippen LogP contribution in [0, 0.1) is 11.6 Å². The minimum Gasteiger partial charge on any atom is -0.204 e. The van der Waals surface area contributed by atoms with Gasteiger partial charge in [-0.15, -0.1) is 0 Å². The molecular formula is C20H14F2. The van der Waals surface area contributed by atoms with Gasteiger partial charge < -0.3 is 0 Å². The summed E-state index contributed by atoms with van der Waals surface area (Å²) in [6.45, 7) is 3.73. The SMILES string of the molecule is C=Cc1ccc(-c2ccc(-c3ccc(F)c(F)c3)cc2)cc1. The fourth-order valence-electron chi connectivity index (χ4n) is 2.34. The lowest BCUT2D eigenvalue weighted by molar-refractivity contribution is 0.509. The maximum absolute atomic E-state index is 13.3. The van der Waals surface area contributed by atoms with Gasteiger partial charge in [-0.05, 0) is 39.9 Å². The van der Waals surface area contributed by atoms with Gasteiger partial charge in [0.2, 0.25) is 0 Å². The first-order chi connectivity index (χ1) is 10.7. The number of halogens is 2. The first-order valence-electron chi connectivity index (χ1n) is 6.96. The van der Waals surface area contributed by atoms with Crippen molar-refractivity contribution in [1.82, 2.24) is 0 Å². The van der Waals surface area contributed by atoms with Crippen LogP contribution in [0.2, 0.25) is 0 Å². The molecule has 3 rings (SSSR count). The minimum atomic E-state index is -0.832. The zero-order valence-electron chi connectivity index (χ0n) is 11.9. The predicted molar refractivity (Wildman–Crippen MR) is 87.3 cm³/mol. The molecule has 3 aromatic rings. The van der Waals surface area contributed by atoms with E-state index in [0.29, 0.717) is 5.56 Å². The highest BCUT2D eigenvalue weighted by Gasteiger charge is 2.05. The van der Waals surface area contributed by atoms with Crippen molar-refractivity contribution in [2.75, 3.05) is 0 Å². The van der Waals surface area contributed by atoms with Gasteiger partial charge in [-0.1, -0.05) is 67.3 Å². The molecule has 0 fully saturated rings. The molecule has 0 heterocycles. The first kappa shape index (κ1) is 14.2. The molecule has 0 aromatic heterocycles. The quantitative estimate of drug-likeness (QED) is 0.560. The molecule has 0 radical (unpaired) electrons. The van der Waals surface area contributed by atoms with E-state index in [9.17, 15) is 8.78 Å². The average molecular weight is 292 g/mol. The fraction of sp³-hybridized carbons (Fsp3) is 0. The summed E-state index contributed by atoms with van der Waals surface area (Å²) in [5.74, 6) is -1.66. The normalized spacial score (nSPS) is 10.5. The molecule has 0 amide bonds. The van der Waals surface area contributed by atoms with Crippen molar-refractivity contribution in [3.05, 3.63) is 90.5 Å². The minimum absolute atomic E-state index is 0.660. The second kappa shape index (κ2) is 5.94. The summed E-state index contributed by atoms with van der Waals surface area (Å²) in [4.78, 5) is 0. The molecule has 0 aliphatic rings. The molecule has 0 N–H and O–H groups in total. The Hall–Kier alpha value is -2.74. The maximum Gasteiger partial charge on any atom is 0.159 e. The summed E-state index contributed by atoms with van der Waals surface area (Å²) in [5.41, 5.74) is 4.75. The van der Waals surface area contributed by atoms with Gasteiger partial charge in [0.05, 0.1) is 0 Å². The van der Waals surface area contributed by atoms with E-state index in [1.807, 2.05) is 48.5 Å². The fourth-order valence-corrected chi connectivity index (χ4v) is 2.34. The van der Waals surface area contributed by atoms with Gasteiger partial charge in [-0.25, -0.2) is 8.78 Å². The third-order valence-corrected chi connectivity index (χ3v) is 3.62. The molecule has 22 heavy (non-hydrogen) atoms. The summed E-state index contributed by atoms with van der Waals surface area (Å²) in [6, 6.07) is 19.8. The third kappa shape index (κ3) is 2.82. The van der Waals surface area contributed by atoms with Crippen LogP contribution in [0.1, 0.15) is 5.56 Å². The van der Waals surface area contributed by atoms with Crippen LogP contribution in [0.15, 0.2) is 73.3 Å². The van der Waals surface area contributed by atoms with Gasteiger partial charge in [0.1, 0.15) is 0 Å². The van der Waals surface area contributed by atoms with Crippen LogP contribution in [-0.2, 0) is 0 Å². The van der Waals surface area contributed by atoms with E-state index in [0.717, 1.165) is 28.3 Å². The lowest BCUT2D eigenvalue weighted by Crippen LogP contribution is -1.86. The van der Waals surface area contributed by atoms with Gasteiger partial charge in [0.15, 0.2) is 11.6 Å². The number of hydrogen-bond donors (Lipinski definition) is 0. The van der Waals surface area contributed by atoms with Crippen molar-refractivity contribution >= 4 is 6.08 Å². The van der Waals surface area contributed by atoms with Crippen molar-refractivity contribution in [3.8, 4) is 22.3 Å². The zero-order valence-corrected chi connectivity index (χ0v) is 11.9. The van der Waals surface area contributed by atoms with Crippen LogP contribution in [0.25, 0.3) is 28.3 Å². The highest BCUT2D eigenvalue weighted by molar-refractivity contribution is 5.71. The van der Waals surface area contributed by atoms with Crippen LogP contribution >= 0.6 is 0 Å². The molecule has 0 spiro atoms. The second-order valence-electron chi connectivity index (χ2n) is 5.03. The molecule has 3 aromatic carbocycles. The van der Waals surface area contributed by atoms with Gasteiger partial charge in [0, 0.05) is 0 Å². The van der Waals surface area contributed by atoms with Crippen molar-refractivity contribution in [1.29, 1.82) is 0 Å². The second-order valence-corrected chi connectivity index (χ2v) is 5.03. The molecule has 0 unspecified atom stereocenters. The average Bonchev–Trinajstić information content (AvgIpc) is 2.58. The van der Waals surface area contributed by atoms with Crippen molar-refractivity contribution in [3.63, 3.8) is 0 Å². The Morgan fingerprint density at radius 2 is 1.05 bits per heavy atom. The van der Waals surface area contributed by atoms with Gasteiger partial charge >= 0.3 is 0 Å². The first-order valence-corrected chi connectivity index (χ1v) is 6.96. The van der Waals surface area contributed by atoms with Gasteiger partial charge in [-0.2, -0.15) is 0 Å². The Labute approximate surface area is 128 Å². The summed E-state index contributed by atoms with van der Waals surface area (Å²) in [5, 5.41) is 0. The van der Waals surface area contributed by atoms with E-state index in [-0.39, 0.29) is 0 Å². The molecule has 0 nitrogen and oxygen atoms in total. The summed E-state index contributed by atoms with van der Waals surface area (Å²) < 4.78 is 26.3. The Balaban J connectivity index is 1.91. The standard InChI is InChI=1S/C20H14F2/c1-2-14-3-5-15(6-4-14)16-7-9-17(10-8-16)18-11-12-19(21)20(22)13-18/h2-13H,1H2. The van der Waals surface area contributed by atoms with E-state index in [1.54, 1.807) is 12.1 Å². The zero-order chi connectivity index (χ0) is 15.5. The van der Waals surface area contributed by atoms with E-state index in [4.69, 9.17) is 0 Å². The van der Waals surface area contributed by atoms with Crippen LogP contribution in [0.4, 0.5) is 8.78 Å². The van der Waals surface area contributed by atoms with Crippen LogP contribution in [-0.4, -0.2) is 0 Å². The number of hydrogen-bond acceptors (Lipinski definition) is 0. The number of benzene rings is 3. The molecule has 2 heteroatoms. The Bertz CT molecular complexity index is 800. The molecule has 0 aliphatic heterocycles. The van der Waals surface area contributed by atoms with E-state index in [1.165, 1.54) is 6.07 Å². The maximum atomic E-state index is 13.3. The van der Waals surface area contributed by atoms with Crippen LogP contribution < -0.4 is 0 Å². The summed E-state index contributed by atoms with van der Waals surface area (Å²) in [6.07, 6.45) is 1.80. The van der Waals surface area contributed by atoms with Crippen molar-refractivity contribution < 1.29 is 8.78 Å². The van der Waals surface area contributed by atoms with Gasteiger partial charge in [-0.3, -0.25) is 0 Å². The van der Waals surface area contributed by atoms with Crippen molar-refractivity contribution in [2.24, 2.45) is 0 Å². The molecule has 0 saturated heterocycles. The molecule has 0 bridgehead atoms. The lowest BCUT2D eigenvalue weighted by atomic mass is 9.99. The lowest BCUT2D eigenvalue weighted by Gasteiger charge is -2.06. The van der Waals surface area contributed by atoms with Crippen LogP contribution in [0.3, 0.4) is 0 Å². The highest BCUT2D eigenvalue weighted by atomic mass is 19.2. The predicted octanol–water partition coefficient (Wildman–Crippen LogP) is 5.94. The van der Waals surface area contributed by atoms with Crippen LogP contribution in [0.5, 0.6) is 0 Å². The smallest absolute Gasteiger partial charge is 0.159 e. The van der Waals surface area contributed by atoms with E-state index in [2.05, 4.69) is 6.58 Å². The highest BCUT2D eigenvalue weighted by Crippen LogP contribution is 2.26. The summed E-state index contributed by atoms with van der Waals surface area (Å²) >= 11 is 0. The number of rotatable bonds is 3. The monoisotopic (exact) mass is 292 g/mol. The Kier molecular flexibility index (Phi) is 3.84. The van der Waals surface area contributed by atoms with E-state index >= 15 is 0 Å². The molecule has 0 atom stereocenters. The molecule has 0 aliphatic carbocycles. The Morgan fingerprint density at radius 1 is 0.591 bits per heavy atom. The summed E-state index contributed by atoms with van der Waals surface area (Å²) in [7, 11) is 0. The Morgan fingerprint density at radius 3 is 1.55 bits per heavy atom. The molecule has 0 saturated carbocycles. The molecular weight excluding hydrogens is 278 g/mol. The largest absolute Gasteiger partial charge is 0.204 e. The van der Waals surface area contributed by atoms with E-state index < -0.39 is 11.6 Å². The van der Waals surface area contributed by atoms with Crippen molar-refractivity contribution in [2.45, 2.75) is 0 Å².